The molecular formula is C18H30N2. The first-order valence-corrected chi connectivity index (χ1v) is 8.23. The van der Waals surface area contributed by atoms with Crippen molar-refractivity contribution >= 4 is 0 Å². The van der Waals surface area contributed by atoms with Gasteiger partial charge in [0.15, 0.2) is 0 Å². The first-order chi connectivity index (χ1) is 9.72. The van der Waals surface area contributed by atoms with Gasteiger partial charge in [-0.05, 0) is 57.7 Å². The van der Waals surface area contributed by atoms with Crippen molar-refractivity contribution in [2.75, 3.05) is 19.6 Å². The van der Waals surface area contributed by atoms with Crippen molar-refractivity contribution in [3.05, 3.63) is 35.9 Å². The molecule has 0 spiro atoms. The minimum absolute atomic E-state index is 0.554. The molecule has 1 aromatic carbocycles. The molecule has 2 unspecified atom stereocenters. The number of piperidine rings is 1. The summed E-state index contributed by atoms with van der Waals surface area (Å²) >= 11 is 0. The number of nitrogens with zero attached hydrogens (tertiary/aromatic N) is 1. The SMILES string of the molecule is CCC(c1ccccc1)N(CC1CCCNC1)C(C)C. The van der Waals surface area contributed by atoms with E-state index in [1.165, 1.54) is 44.5 Å². The largest absolute Gasteiger partial charge is 0.316 e. The maximum atomic E-state index is 3.55. The molecule has 0 aliphatic carbocycles. The van der Waals surface area contributed by atoms with Crippen LogP contribution in [0.3, 0.4) is 0 Å². The fraction of sp³-hybridized carbons (Fsp3) is 0.667. The minimum atomic E-state index is 0.554. The summed E-state index contributed by atoms with van der Waals surface area (Å²) in [5, 5.41) is 3.55. The van der Waals surface area contributed by atoms with Gasteiger partial charge >= 0.3 is 0 Å². The van der Waals surface area contributed by atoms with Gasteiger partial charge in [0, 0.05) is 18.6 Å². The van der Waals surface area contributed by atoms with Gasteiger partial charge in [0.2, 0.25) is 0 Å². The Hall–Kier alpha value is -0.860. The maximum Gasteiger partial charge on any atom is 0.0348 e. The van der Waals surface area contributed by atoms with Crippen molar-refractivity contribution < 1.29 is 0 Å². The number of nitrogens with one attached hydrogen (secondary N) is 1. The molecule has 1 saturated heterocycles. The van der Waals surface area contributed by atoms with E-state index in [0.29, 0.717) is 12.1 Å². The minimum Gasteiger partial charge on any atom is -0.316 e. The molecule has 2 rings (SSSR count). The van der Waals surface area contributed by atoms with E-state index in [0.717, 1.165) is 5.92 Å². The third-order valence-corrected chi connectivity index (χ3v) is 4.50. The summed E-state index contributed by atoms with van der Waals surface area (Å²) < 4.78 is 0. The van der Waals surface area contributed by atoms with Crippen LogP contribution < -0.4 is 5.32 Å². The summed E-state index contributed by atoms with van der Waals surface area (Å²) in [6.07, 6.45) is 3.89. The molecule has 2 atom stereocenters. The van der Waals surface area contributed by atoms with Crippen molar-refractivity contribution in [1.29, 1.82) is 0 Å². The summed E-state index contributed by atoms with van der Waals surface area (Å²) in [7, 11) is 0. The van der Waals surface area contributed by atoms with Crippen LogP contribution in [0.25, 0.3) is 0 Å². The molecule has 1 heterocycles. The van der Waals surface area contributed by atoms with Crippen LogP contribution in [0.15, 0.2) is 30.3 Å². The summed E-state index contributed by atoms with van der Waals surface area (Å²) in [4.78, 5) is 2.70. The van der Waals surface area contributed by atoms with Crippen LogP contribution in [-0.4, -0.2) is 30.6 Å². The summed E-state index contributed by atoms with van der Waals surface area (Å²) in [6, 6.07) is 12.2. The summed E-state index contributed by atoms with van der Waals surface area (Å²) in [5.41, 5.74) is 1.47. The van der Waals surface area contributed by atoms with Gasteiger partial charge in [0.25, 0.3) is 0 Å². The number of hydrogen-bond acceptors (Lipinski definition) is 2. The maximum absolute atomic E-state index is 3.55. The number of benzene rings is 1. The van der Waals surface area contributed by atoms with Gasteiger partial charge in [-0.1, -0.05) is 37.3 Å². The lowest BCUT2D eigenvalue weighted by molar-refractivity contribution is 0.114. The average molecular weight is 274 g/mol. The van der Waals surface area contributed by atoms with Gasteiger partial charge in [-0.25, -0.2) is 0 Å². The lowest BCUT2D eigenvalue weighted by Gasteiger charge is -2.38. The van der Waals surface area contributed by atoms with Crippen LogP contribution in [0, 0.1) is 5.92 Å². The van der Waals surface area contributed by atoms with Crippen molar-refractivity contribution in [1.82, 2.24) is 10.2 Å². The molecule has 1 fully saturated rings. The molecule has 1 aliphatic rings. The van der Waals surface area contributed by atoms with E-state index < -0.39 is 0 Å². The second-order valence-electron chi connectivity index (χ2n) is 6.34. The molecule has 2 heteroatoms. The Labute approximate surface area is 124 Å². The van der Waals surface area contributed by atoms with Crippen molar-refractivity contribution in [2.24, 2.45) is 5.92 Å². The Morgan fingerprint density at radius 1 is 1.25 bits per heavy atom. The number of hydrogen-bond donors (Lipinski definition) is 1. The Morgan fingerprint density at radius 3 is 2.55 bits per heavy atom. The highest BCUT2D eigenvalue weighted by atomic mass is 15.2. The van der Waals surface area contributed by atoms with Crippen molar-refractivity contribution in [3.8, 4) is 0 Å². The lowest BCUT2D eigenvalue weighted by atomic mass is 9.95. The molecule has 1 aliphatic heterocycles. The van der Waals surface area contributed by atoms with Crippen molar-refractivity contribution in [3.63, 3.8) is 0 Å². The first kappa shape index (κ1) is 15.5. The third kappa shape index (κ3) is 4.07. The van der Waals surface area contributed by atoms with Crippen LogP contribution in [0.2, 0.25) is 0 Å². The van der Waals surface area contributed by atoms with Crippen LogP contribution >= 0.6 is 0 Å². The second kappa shape index (κ2) is 7.80. The molecule has 0 saturated carbocycles. The van der Waals surface area contributed by atoms with Gasteiger partial charge in [-0.3, -0.25) is 4.90 Å². The Balaban J connectivity index is 2.09. The molecule has 0 amide bonds. The van der Waals surface area contributed by atoms with E-state index in [1.54, 1.807) is 0 Å². The molecule has 1 N–H and O–H groups in total. The molecule has 0 radical (unpaired) electrons. The molecular weight excluding hydrogens is 244 g/mol. The molecule has 112 valence electrons. The van der Waals surface area contributed by atoms with Crippen molar-refractivity contribution in [2.45, 2.75) is 52.1 Å². The molecule has 20 heavy (non-hydrogen) atoms. The van der Waals surface area contributed by atoms with Gasteiger partial charge in [0.05, 0.1) is 0 Å². The smallest absolute Gasteiger partial charge is 0.0348 e. The van der Waals surface area contributed by atoms with E-state index >= 15 is 0 Å². The van der Waals surface area contributed by atoms with Gasteiger partial charge in [0.1, 0.15) is 0 Å². The Bertz CT molecular complexity index is 368. The Kier molecular flexibility index (Phi) is 6.06. The highest BCUT2D eigenvalue weighted by Crippen LogP contribution is 2.28. The highest BCUT2D eigenvalue weighted by Gasteiger charge is 2.25. The monoisotopic (exact) mass is 274 g/mol. The summed E-state index contributed by atoms with van der Waals surface area (Å²) in [5.74, 6) is 0.809. The van der Waals surface area contributed by atoms with Crippen LogP contribution in [0.5, 0.6) is 0 Å². The van der Waals surface area contributed by atoms with Crippen LogP contribution in [-0.2, 0) is 0 Å². The fourth-order valence-electron chi connectivity index (χ4n) is 3.41. The Morgan fingerprint density at radius 2 is 2.00 bits per heavy atom. The zero-order chi connectivity index (χ0) is 14.4. The number of rotatable bonds is 6. The quantitative estimate of drug-likeness (QED) is 0.847. The van der Waals surface area contributed by atoms with E-state index in [9.17, 15) is 0 Å². The first-order valence-electron chi connectivity index (χ1n) is 8.23. The van der Waals surface area contributed by atoms with Gasteiger partial charge < -0.3 is 5.32 Å². The normalized spacial score (nSPS) is 21.4. The zero-order valence-corrected chi connectivity index (χ0v) is 13.3. The van der Waals surface area contributed by atoms with E-state index in [2.05, 4.69) is 61.3 Å². The summed E-state index contributed by atoms with van der Waals surface area (Å²) in [6.45, 7) is 10.6. The third-order valence-electron chi connectivity index (χ3n) is 4.50. The molecule has 2 nitrogen and oxygen atoms in total. The predicted molar refractivity (Wildman–Crippen MR) is 86.9 cm³/mol. The van der Waals surface area contributed by atoms with Crippen LogP contribution in [0.4, 0.5) is 0 Å². The van der Waals surface area contributed by atoms with E-state index in [-0.39, 0.29) is 0 Å². The topological polar surface area (TPSA) is 15.3 Å². The van der Waals surface area contributed by atoms with E-state index in [4.69, 9.17) is 0 Å². The zero-order valence-electron chi connectivity index (χ0n) is 13.3. The molecule has 0 aromatic heterocycles. The molecule has 1 aromatic rings. The fourth-order valence-corrected chi connectivity index (χ4v) is 3.41. The standard InChI is InChI=1S/C18H30N2/c1-4-18(17-10-6-5-7-11-17)20(15(2)3)14-16-9-8-12-19-13-16/h5-7,10-11,15-16,18-19H,4,8-9,12-14H2,1-3H3. The average Bonchev–Trinajstić information content (AvgIpc) is 2.49. The molecule has 0 bridgehead atoms. The predicted octanol–water partition coefficient (Wildman–Crippen LogP) is 3.85. The van der Waals surface area contributed by atoms with Gasteiger partial charge in [-0.2, -0.15) is 0 Å². The van der Waals surface area contributed by atoms with Gasteiger partial charge in [-0.15, -0.1) is 0 Å². The van der Waals surface area contributed by atoms with Crippen LogP contribution in [0.1, 0.15) is 51.6 Å². The van der Waals surface area contributed by atoms with E-state index in [1.807, 2.05) is 0 Å². The highest BCUT2D eigenvalue weighted by molar-refractivity contribution is 5.19. The lowest BCUT2D eigenvalue weighted by Crippen LogP contribution is -2.42. The second-order valence-corrected chi connectivity index (χ2v) is 6.34.